The highest BCUT2D eigenvalue weighted by Crippen LogP contribution is 2.25. The minimum Gasteiger partial charge on any atom is -0.313 e. The van der Waals surface area contributed by atoms with Crippen LogP contribution >= 0.6 is 22.9 Å². The molecule has 0 saturated carbocycles. The first-order valence-corrected chi connectivity index (χ1v) is 8.92. The second-order valence-corrected chi connectivity index (χ2v) is 7.57. The Morgan fingerprint density at radius 2 is 2.05 bits per heavy atom. The molecular weight excluding hydrogens is 335 g/mol. The van der Waals surface area contributed by atoms with Gasteiger partial charge in [0.15, 0.2) is 0 Å². The lowest BCUT2D eigenvalue weighted by molar-refractivity contribution is 0.603. The van der Waals surface area contributed by atoms with Gasteiger partial charge >= 0.3 is 0 Å². The molecule has 0 saturated heterocycles. The molecule has 0 bridgehead atoms. The van der Waals surface area contributed by atoms with Crippen LogP contribution in [0.5, 0.6) is 0 Å². The number of anilines is 1. The fourth-order valence-corrected chi connectivity index (χ4v) is 4.15. The monoisotopic (exact) mass is 348 g/mol. The number of rotatable bonds is 6. The molecule has 8 heteroatoms. The lowest BCUT2D eigenvalue weighted by atomic mass is 10.3. The van der Waals surface area contributed by atoms with E-state index in [4.69, 9.17) is 11.6 Å². The van der Waals surface area contributed by atoms with Gasteiger partial charge in [0, 0.05) is 11.6 Å². The molecule has 4 nitrogen and oxygen atoms in total. The van der Waals surface area contributed by atoms with Gasteiger partial charge in [-0.25, -0.2) is 12.8 Å². The van der Waals surface area contributed by atoms with Gasteiger partial charge in [-0.05, 0) is 41.8 Å². The van der Waals surface area contributed by atoms with E-state index in [1.165, 1.54) is 6.07 Å². The van der Waals surface area contributed by atoms with Crippen LogP contribution in [-0.2, 0) is 16.6 Å². The van der Waals surface area contributed by atoms with Gasteiger partial charge in [-0.1, -0.05) is 18.5 Å². The Morgan fingerprint density at radius 3 is 2.71 bits per heavy atom. The predicted molar refractivity (Wildman–Crippen MR) is 83.9 cm³/mol. The molecule has 0 aliphatic rings. The third-order valence-corrected chi connectivity index (χ3v) is 5.68. The van der Waals surface area contributed by atoms with Crippen molar-refractivity contribution in [1.82, 2.24) is 5.32 Å². The molecule has 0 atom stereocenters. The maximum absolute atomic E-state index is 13.2. The molecule has 114 valence electrons. The molecule has 2 aromatic rings. The van der Waals surface area contributed by atoms with E-state index in [9.17, 15) is 12.8 Å². The summed E-state index contributed by atoms with van der Waals surface area (Å²) in [5.74, 6) is -0.598. The first kappa shape index (κ1) is 16.2. The third-order valence-electron chi connectivity index (χ3n) is 2.59. The highest BCUT2D eigenvalue weighted by atomic mass is 35.5. The molecule has 0 amide bonds. The molecular formula is C13H14ClFN2O2S2. The van der Waals surface area contributed by atoms with Gasteiger partial charge in [-0.15, -0.1) is 11.3 Å². The van der Waals surface area contributed by atoms with Gasteiger partial charge in [0.1, 0.15) is 10.0 Å². The van der Waals surface area contributed by atoms with Gasteiger partial charge < -0.3 is 5.32 Å². The Labute approximate surface area is 132 Å². The smallest absolute Gasteiger partial charge is 0.271 e. The fourth-order valence-electron chi connectivity index (χ4n) is 1.67. The van der Waals surface area contributed by atoms with Crippen molar-refractivity contribution in [3.63, 3.8) is 0 Å². The number of hydrogen-bond donors (Lipinski definition) is 2. The summed E-state index contributed by atoms with van der Waals surface area (Å²) in [7, 11) is -3.74. The zero-order chi connectivity index (χ0) is 15.5. The van der Waals surface area contributed by atoms with Crippen LogP contribution in [0.25, 0.3) is 0 Å². The second kappa shape index (κ2) is 6.74. The molecule has 1 aromatic heterocycles. The minimum absolute atomic E-state index is 0.0987. The van der Waals surface area contributed by atoms with E-state index in [1.54, 1.807) is 11.4 Å². The molecule has 0 unspecified atom stereocenters. The first-order chi connectivity index (χ1) is 9.90. The molecule has 21 heavy (non-hydrogen) atoms. The third kappa shape index (κ3) is 4.41. The summed E-state index contributed by atoms with van der Waals surface area (Å²) in [4.78, 5) is 0. The van der Waals surface area contributed by atoms with Crippen LogP contribution in [0.2, 0.25) is 5.02 Å². The van der Waals surface area contributed by atoms with Crippen LogP contribution in [0, 0.1) is 5.82 Å². The number of sulfonamides is 1. The standard InChI is InChI=1S/C13H14ClFN2O2S2/c1-2-16-7-9-3-13(20-8-9)21(18,19)17-12-5-10(14)4-11(15)6-12/h3-6,8,16-17H,2,7H2,1H3. The number of nitrogens with one attached hydrogen (secondary N) is 2. The minimum atomic E-state index is -3.74. The number of benzene rings is 1. The summed E-state index contributed by atoms with van der Waals surface area (Å²) in [5.41, 5.74) is 0.987. The molecule has 1 heterocycles. The summed E-state index contributed by atoms with van der Waals surface area (Å²) >= 11 is 6.82. The van der Waals surface area contributed by atoms with Crippen molar-refractivity contribution in [2.75, 3.05) is 11.3 Å². The van der Waals surface area contributed by atoms with E-state index in [-0.39, 0.29) is 14.9 Å². The zero-order valence-electron chi connectivity index (χ0n) is 11.2. The summed E-state index contributed by atoms with van der Waals surface area (Å²) in [6.45, 7) is 3.38. The summed E-state index contributed by atoms with van der Waals surface area (Å²) < 4.78 is 40.2. The van der Waals surface area contributed by atoms with Crippen molar-refractivity contribution in [2.45, 2.75) is 17.7 Å². The van der Waals surface area contributed by atoms with E-state index in [2.05, 4.69) is 10.0 Å². The van der Waals surface area contributed by atoms with Crippen LogP contribution in [0.15, 0.2) is 33.9 Å². The Kier molecular flexibility index (Phi) is 5.21. The SMILES string of the molecule is CCNCc1csc(S(=O)(=O)Nc2cc(F)cc(Cl)c2)c1. The maximum atomic E-state index is 13.2. The number of hydrogen-bond acceptors (Lipinski definition) is 4. The van der Waals surface area contributed by atoms with Crippen LogP contribution in [-0.4, -0.2) is 15.0 Å². The second-order valence-electron chi connectivity index (χ2n) is 4.32. The van der Waals surface area contributed by atoms with Crippen molar-refractivity contribution in [2.24, 2.45) is 0 Å². The van der Waals surface area contributed by atoms with E-state index in [0.29, 0.717) is 6.54 Å². The molecule has 0 aliphatic carbocycles. The number of halogens is 2. The van der Waals surface area contributed by atoms with Crippen LogP contribution in [0.4, 0.5) is 10.1 Å². The van der Waals surface area contributed by atoms with Crippen molar-refractivity contribution < 1.29 is 12.8 Å². The van der Waals surface area contributed by atoms with E-state index in [0.717, 1.165) is 35.6 Å². The van der Waals surface area contributed by atoms with Crippen LogP contribution in [0.1, 0.15) is 12.5 Å². The van der Waals surface area contributed by atoms with Gasteiger partial charge in [0.2, 0.25) is 0 Å². The molecule has 0 radical (unpaired) electrons. The van der Waals surface area contributed by atoms with Crippen LogP contribution in [0.3, 0.4) is 0 Å². The van der Waals surface area contributed by atoms with Crippen LogP contribution < -0.4 is 10.0 Å². The summed E-state index contributed by atoms with van der Waals surface area (Å²) in [6.07, 6.45) is 0. The zero-order valence-corrected chi connectivity index (χ0v) is 13.6. The van der Waals surface area contributed by atoms with Crippen molar-refractivity contribution in [3.05, 3.63) is 46.0 Å². The van der Waals surface area contributed by atoms with Crippen molar-refractivity contribution >= 4 is 38.6 Å². The van der Waals surface area contributed by atoms with E-state index >= 15 is 0 Å². The maximum Gasteiger partial charge on any atom is 0.271 e. The van der Waals surface area contributed by atoms with Crippen molar-refractivity contribution in [3.8, 4) is 0 Å². The van der Waals surface area contributed by atoms with Gasteiger partial charge in [-0.2, -0.15) is 0 Å². The Hall–Kier alpha value is -1.15. The average molecular weight is 349 g/mol. The Morgan fingerprint density at radius 1 is 1.29 bits per heavy atom. The molecule has 0 aliphatic heterocycles. The van der Waals surface area contributed by atoms with E-state index < -0.39 is 15.8 Å². The topological polar surface area (TPSA) is 58.2 Å². The van der Waals surface area contributed by atoms with Gasteiger partial charge in [0.25, 0.3) is 10.0 Å². The molecule has 1 aromatic carbocycles. The normalized spacial score (nSPS) is 11.6. The summed E-state index contributed by atoms with van der Waals surface area (Å²) in [5, 5.41) is 5.02. The summed E-state index contributed by atoms with van der Waals surface area (Å²) in [6, 6.07) is 5.14. The molecule has 2 N–H and O–H groups in total. The van der Waals surface area contributed by atoms with Crippen molar-refractivity contribution in [1.29, 1.82) is 0 Å². The van der Waals surface area contributed by atoms with Gasteiger partial charge in [0.05, 0.1) is 5.69 Å². The first-order valence-electron chi connectivity index (χ1n) is 6.18. The fraction of sp³-hybridized carbons (Fsp3) is 0.231. The molecule has 0 spiro atoms. The Bertz CT molecular complexity index is 711. The average Bonchev–Trinajstić information content (AvgIpc) is 2.84. The number of thiophene rings is 1. The highest BCUT2D eigenvalue weighted by Gasteiger charge is 2.17. The van der Waals surface area contributed by atoms with E-state index in [1.807, 2.05) is 6.92 Å². The quantitative estimate of drug-likeness (QED) is 0.840. The highest BCUT2D eigenvalue weighted by molar-refractivity contribution is 7.94. The molecule has 0 fully saturated rings. The lowest BCUT2D eigenvalue weighted by Crippen LogP contribution is -2.12. The Balaban J connectivity index is 2.19. The molecule has 2 rings (SSSR count). The van der Waals surface area contributed by atoms with Gasteiger partial charge in [-0.3, -0.25) is 4.72 Å². The largest absolute Gasteiger partial charge is 0.313 e. The lowest BCUT2D eigenvalue weighted by Gasteiger charge is -2.06. The predicted octanol–water partition coefficient (Wildman–Crippen LogP) is 3.45.